The van der Waals surface area contributed by atoms with Crippen LogP contribution in [0.1, 0.15) is 18.4 Å². The van der Waals surface area contributed by atoms with Gasteiger partial charge in [-0.3, -0.25) is 5.10 Å². The van der Waals surface area contributed by atoms with Crippen LogP contribution in [0.3, 0.4) is 0 Å². The molecule has 1 unspecified atom stereocenters. The Labute approximate surface area is 131 Å². The molecule has 118 valence electrons. The number of nitrogens with one attached hydrogen (secondary N) is 2. The highest BCUT2D eigenvalue weighted by molar-refractivity contribution is 5.63. The summed E-state index contributed by atoms with van der Waals surface area (Å²) in [6.45, 7) is 3.60. The summed E-state index contributed by atoms with van der Waals surface area (Å²) in [7, 11) is 1.68. The van der Waals surface area contributed by atoms with E-state index in [-0.39, 0.29) is 0 Å². The fourth-order valence-electron chi connectivity index (χ4n) is 2.83. The summed E-state index contributed by atoms with van der Waals surface area (Å²) in [5.41, 5.74) is 3.37. The van der Waals surface area contributed by atoms with Crippen LogP contribution >= 0.6 is 0 Å². The van der Waals surface area contributed by atoms with E-state index in [1.807, 2.05) is 30.5 Å². The van der Waals surface area contributed by atoms with Gasteiger partial charge in [-0.15, -0.1) is 0 Å². The minimum atomic E-state index is 0.630. The SMILES string of the molecule is COc1ccc(-c2[nH]ncc2CNCC2CCCOC2)cc1. The van der Waals surface area contributed by atoms with Crippen molar-refractivity contribution in [2.45, 2.75) is 19.4 Å². The summed E-state index contributed by atoms with van der Waals surface area (Å²) in [6.07, 6.45) is 4.32. The summed E-state index contributed by atoms with van der Waals surface area (Å²) in [5.74, 6) is 1.49. The standard InChI is InChI=1S/C17H23N3O2/c1-21-16-6-4-14(5-7-16)17-15(11-19-20-17)10-18-9-13-3-2-8-22-12-13/h4-7,11,13,18H,2-3,8-10,12H2,1H3,(H,19,20). The molecule has 22 heavy (non-hydrogen) atoms. The van der Waals surface area contributed by atoms with Crippen LogP contribution in [0.2, 0.25) is 0 Å². The summed E-state index contributed by atoms with van der Waals surface area (Å²) in [4.78, 5) is 0. The molecule has 1 aromatic heterocycles. The van der Waals surface area contributed by atoms with Crippen molar-refractivity contribution >= 4 is 0 Å². The molecule has 0 aliphatic carbocycles. The number of hydrogen-bond donors (Lipinski definition) is 2. The highest BCUT2D eigenvalue weighted by atomic mass is 16.5. The molecule has 1 aliphatic heterocycles. The lowest BCUT2D eigenvalue weighted by atomic mass is 10.0. The molecule has 1 fully saturated rings. The first-order chi connectivity index (χ1) is 10.9. The molecule has 2 N–H and O–H groups in total. The van der Waals surface area contributed by atoms with E-state index in [2.05, 4.69) is 15.5 Å². The van der Waals surface area contributed by atoms with Crippen LogP contribution in [-0.4, -0.2) is 37.1 Å². The minimum absolute atomic E-state index is 0.630. The maximum atomic E-state index is 5.51. The average Bonchev–Trinajstić information content (AvgIpc) is 3.04. The monoisotopic (exact) mass is 301 g/mol. The van der Waals surface area contributed by atoms with Crippen molar-refractivity contribution in [3.05, 3.63) is 36.0 Å². The second-order valence-electron chi connectivity index (χ2n) is 5.71. The fourth-order valence-corrected chi connectivity index (χ4v) is 2.83. The third-order valence-electron chi connectivity index (χ3n) is 4.10. The molecule has 1 saturated heterocycles. The molecule has 3 rings (SSSR count). The molecule has 5 nitrogen and oxygen atoms in total. The topological polar surface area (TPSA) is 59.2 Å². The van der Waals surface area contributed by atoms with Crippen LogP contribution in [0, 0.1) is 5.92 Å². The van der Waals surface area contributed by atoms with Crippen LogP contribution in [-0.2, 0) is 11.3 Å². The number of hydrogen-bond acceptors (Lipinski definition) is 4. The second kappa shape index (κ2) is 7.42. The number of ether oxygens (including phenoxy) is 2. The molecule has 0 bridgehead atoms. The summed E-state index contributed by atoms with van der Waals surface area (Å²) >= 11 is 0. The summed E-state index contributed by atoms with van der Waals surface area (Å²) in [5, 5.41) is 10.8. The lowest BCUT2D eigenvalue weighted by Gasteiger charge is -2.22. The smallest absolute Gasteiger partial charge is 0.118 e. The van der Waals surface area contributed by atoms with Gasteiger partial charge in [0.15, 0.2) is 0 Å². The molecule has 2 heterocycles. The molecule has 0 amide bonds. The Morgan fingerprint density at radius 1 is 1.36 bits per heavy atom. The van der Waals surface area contributed by atoms with Gasteiger partial charge < -0.3 is 14.8 Å². The molecule has 2 aromatic rings. The minimum Gasteiger partial charge on any atom is -0.497 e. The van der Waals surface area contributed by atoms with Crippen LogP contribution in [0.25, 0.3) is 11.3 Å². The number of nitrogens with zero attached hydrogens (tertiary/aromatic N) is 1. The first-order valence-electron chi connectivity index (χ1n) is 7.82. The Morgan fingerprint density at radius 2 is 2.23 bits per heavy atom. The van der Waals surface area contributed by atoms with E-state index in [1.54, 1.807) is 7.11 Å². The van der Waals surface area contributed by atoms with Gasteiger partial charge in [0.1, 0.15) is 5.75 Å². The van der Waals surface area contributed by atoms with Crippen LogP contribution in [0.5, 0.6) is 5.75 Å². The van der Waals surface area contributed by atoms with Gasteiger partial charge in [-0.1, -0.05) is 0 Å². The number of rotatable bonds is 6. The maximum Gasteiger partial charge on any atom is 0.118 e. The molecule has 0 saturated carbocycles. The number of aromatic amines is 1. The van der Waals surface area contributed by atoms with E-state index >= 15 is 0 Å². The molecule has 5 heteroatoms. The third-order valence-corrected chi connectivity index (χ3v) is 4.10. The zero-order valence-electron chi connectivity index (χ0n) is 13.0. The average molecular weight is 301 g/mol. The lowest BCUT2D eigenvalue weighted by molar-refractivity contribution is 0.0547. The molecule has 1 aliphatic rings. The number of benzene rings is 1. The van der Waals surface area contributed by atoms with Crippen LogP contribution in [0.15, 0.2) is 30.5 Å². The molecule has 0 spiro atoms. The maximum absolute atomic E-state index is 5.51. The molecule has 1 aromatic carbocycles. The zero-order chi connectivity index (χ0) is 15.2. The van der Waals surface area contributed by atoms with Gasteiger partial charge in [0.25, 0.3) is 0 Å². The van der Waals surface area contributed by atoms with E-state index in [0.29, 0.717) is 5.92 Å². The first kappa shape index (κ1) is 15.1. The van der Waals surface area contributed by atoms with Gasteiger partial charge in [0, 0.05) is 30.8 Å². The highest BCUT2D eigenvalue weighted by Crippen LogP contribution is 2.23. The predicted molar refractivity (Wildman–Crippen MR) is 85.8 cm³/mol. The van der Waals surface area contributed by atoms with Crippen molar-refractivity contribution in [2.24, 2.45) is 5.92 Å². The number of methoxy groups -OCH3 is 1. The molecular weight excluding hydrogens is 278 g/mol. The molecule has 0 radical (unpaired) electrons. The Bertz CT molecular complexity index is 574. The first-order valence-corrected chi connectivity index (χ1v) is 7.82. The number of aromatic nitrogens is 2. The quantitative estimate of drug-likeness (QED) is 0.861. The van der Waals surface area contributed by atoms with E-state index < -0.39 is 0 Å². The van der Waals surface area contributed by atoms with Gasteiger partial charge in [0.2, 0.25) is 0 Å². The van der Waals surface area contributed by atoms with Gasteiger partial charge in [-0.2, -0.15) is 5.10 Å². The zero-order valence-corrected chi connectivity index (χ0v) is 13.0. The van der Waals surface area contributed by atoms with Crippen molar-refractivity contribution < 1.29 is 9.47 Å². The third kappa shape index (κ3) is 3.67. The largest absolute Gasteiger partial charge is 0.497 e. The van der Waals surface area contributed by atoms with Crippen LogP contribution < -0.4 is 10.1 Å². The van der Waals surface area contributed by atoms with Crippen molar-refractivity contribution in [3.63, 3.8) is 0 Å². The van der Waals surface area contributed by atoms with E-state index in [1.165, 1.54) is 18.4 Å². The van der Waals surface area contributed by atoms with Gasteiger partial charge in [-0.25, -0.2) is 0 Å². The fraction of sp³-hybridized carbons (Fsp3) is 0.471. The van der Waals surface area contributed by atoms with E-state index in [0.717, 1.165) is 43.3 Å². The van der Waals surface area contributed by atoms with E-state index in [9.17, 15) is 0 Å². The van der Waals surface area contributed by atoms with Crippen molar-refractivity contribution in [1.82, 2.24) is 15.5 Å². The number of H-pyrrole nitrogens is 1. The lowest BCUT2D eigenvalue weighted by Crippen LogP contribution is -2.28. The highest BCUT2D eigenvalue weighted by Gasteiger charge is 2.14. The van der Waals surface area contributed by atoms with Crippen LogP contribution in [0.4, 0.5) is 0 Å². The normalized spacial score (nSPS) is 18.3. The molecular formula is C17H23N3O2. The summed E-state index contributed by atoms with van der Waals surface area (Å²) < 4.78 is 10.7. The van der Waals surface area contributed by atoms with Crippen molar-refractivity contribution in [3.8, 4) is 17.0 Å². The van der Waals surface area contributed by atoms with E-state index in [4.69, 9.17) is 9.47 Å². The predicted octanol–water partition coefficient (Wildman–Crippen LogP) is 2.60. The van der Waals surface area contributed by atoms with Crippen molar-refractivity contribution in [2.75, 3.05) is 26.9 Å². The van der Waals surface area contributed by atoms with Gasteiger partial charge >= 0.3 is 0 Å². The molecule has 1 atom stereocenters. The van der Waals surface area contributed by atoms with Crippen molar-refractivity contribution in [1.29, 1.82) is 0 Å². The second-order valence-corrected chi connectivity index (χ2v) is 5.71. The summed E-state index contributed by atoms with van der Waals surface area (Å²) in [6, 6.07) is 8.02. The Morgan fingerprint density at radius 3 is 2.95 bits per heavy atom. The Balaban J connectivity index is 1.59. The Kier molecular flexibility index (Phi) is 5.08. The Hall–Kier alpha value is -1.85. The van der Waals surface area contributed by atoms with Gasteiger partial charge in [-0.05, 0) is 43.0 Å². The van der Waals surface area contributed by atoms with Gasteiger partial charge in [0.05, 0.1) is 25.6 Å².